The van der Waals surface area contributed by atoms with Gasteiger partial charge in [0.2, 0.25) is 0 Å². The number of amides is 1. The number of likely N-dealkylation sites (tertiary alicyclic amines) is 1. The van der Waals surface area contributed by atoms with Crippen LogP contribution in [0.4, 0.5) is 0 Å². The van der Waals surface area contributed by atoms with Gasteiger partial charge in [-0.25, -0.2) is 4.98 Å². The minimum atomic E-state index is -0.0398. The third-order valence-corrected chi connectivity index (χ3v) is 6.78. The van der Waals surface area contributed by atoms with Gasteiger partial charge in [-0.3, -0.25) is 9.69 Å². The average Bonchev–Trinajstić information content (AvgIpc) is 3.39. The van der Waals surface area contributed by atoms with Crippen molar-refractivity contribution in [2.45, 2.75) is 31.8 Å². The summed E-state index contributed by atoms with van der Waals surface area (Å²) in [6.45, 7) is 4.45. The first-order valence-corrected chi connectivity index (χ1v) is 11.4. The van der Waals surface area contributed by atoms with Crippen LogP contribution in [0.1, 0.15) is 30.1 Å². The van der Waals surface area contributed by atoms with Crippen LogP contribution in [0, 0.1) is 5.92 Å². The summed E-state index contributed by atoms with van der Waals surface area (Å²) in [6.07, 6.45) is 2.05. The van der Waals surface area contributed by atoms with Crippen molar-refractivity contribution in [3.63, 3.8) is 0 Å². The molecule has 5 rings (SSSR count). The Hall–Kier alpha value is -2.96. The second-order valence-electron chi connectivity index (χ2n) is 8.71. The molecule has 2 aromatic carbocycles. The van der Waals surface area contributed by atoms with Gasteiger partial charge in [0.15, 0.2) is 0 Å². The molecule has 0 unspecified atom stereocenters. The van der Waals surface area contributed by atoms with E-state index in [9.17, 15) is 9.90 Å². The van der Waals surface area contributed by atoms with E-state index in [0.717, 1.165) is 53.8 Å². The van der Waals surface area contributed by atoms with Crippen LogP contribution in [0.3, 0.4) is 0 Å². The lowest BCUT2D eigenvalue weighted by atomic mass is 10.00. The zero-order chi connectivity index (χ0) is 22.1. The van der Waals surface area contributed by atoms with Crippen molar-refractivity contribution in [1.29, 1.82) is 0 Å². The molecule has 3 aromatic rings. The summed E-state index contributed by atoms with van der Waals surface area (Å²) in [7, 11) is 0. The van der Waals surface area contributed by atoms with Crippen molar-refractivity contribution in [1.82, 2.24) is 15.2 Å². The quantitative estimate of drug-likeness (QED) is 0.599. The third-order valence-electron chi connectivity index (χ3n) is 6.78. The van der Waals surface area contributed by atoms with Gasteiger partial charge < -0.3 is 15.2 Å². The molecule has 1 aliphatic carbocycles. The highest BCUT2D eigenvalue weighted by atomic mass is 16.5. The van der Waals surface area contributed by atoms with Crippen LogP contribution in [0.25, 0.3) is 22.2 Å². The van der Waals surface area contributed by atoms with Gasteiger partial charge in [0.1, 0.15) is 5.75 Å². The fraction of sp³-hybridized carbons (Fsp3) is 0.385. The molecule has 2 bridgehead atoms. The largest absolute Gasteiger partial charge is 0.494 e. The molecule has 1 aromatic heterocycles. The first-order chi connectivity index (χ1) is 15.7. The van der Waals surface area contributed by atoms with Crippen LogP contribution in [-0.2, 0) is 0 Å². The fourth-order valence-corrected chi connectivity index (χ4v) is 5.27. The van der Waals surface area contributed by atoms with Gasteiger partial charge in [0, 0.05) is 36.1 Å². The molecule has 2 aliphatic rings. The molecule has 6 heteroatoms. The van der Waals surface area contributed by atoms with Crippen LogP contribution in [0.5, 0.6) is 5.75 Å². The lowest BCUT2D eigenvalue weighted by Gasteiger charge is -2.31. The number of hydrogen-bond acceptors (Lipinski definition) is 5. The maximum absolute atomic E-state index is 13.4. The second-order valence-corrected chi connectivity index (χ2v) is 8.71. The lowest BCUT2D eigenvalue weighted by molar-refractivity contribution is 0.0899. The monoisotopic (exact) mass is 431 g/mol. The number of carbonyl (C=O) groups is 1. The Morgan fingerprint density at radius 1 is 1.19 bits per heavy atom. The average molecular weight is 432 g/mol. The van der Waals surface area contributed by atoms with Gasteiger partial charge in [-0.05, 0) is 62.1 Å². The number of ether oxygens (including phenoxy) is 1. The Bertz CT molecular complexity index is 1120. The van der Waals surface area contributed by atoms with Crippen molar-refractivity contribution in [3.05, 3.63) is 60.2 Å². The zero-order valence-electron chi connectivity index (χ0n) is 18.3. The van der Waals surface area contributed by atoms with E-state index in [0.29, 0.717) is 24.1 Å². The number of aromatic nitrogens is 1. The van der Waals surface area contributed by atoms with Crippen molar-refractivity contribution >= 4 is 16.8 Å². The standard InChI is InChI=1S/C26H29N3O3/c1-2-32-20-9-7-17(8-10-20)25-15-22(21-5-3-4-6-23(21)27-25)26(31)28-24-14-19-13-18(24)16-29(19)11-12-30/h3-10,15,18-19,24,30H,2,11-14,16H2,1H3,(H,28,31)/t18-,19-,24-/m1/s1. The van der Waals surface area contributed by atoms with Crippen LogP contribution in [0.15, 0.2) is 54.6 Å². The molecule has 2 fully saturated rings. The number of fused-ring (bicyclic) bond motifs is 3. The van der Waals surface area contributed by atoms with E-state index >= 15 is 0 Å². The van der Waals surface area contributed by atoms with Crippen molar-refractivity contribution in [3.8, 4) is 17.0 Å². The van der Waals surface area contributed by atoms with Crippen LogP contribution >= 0.6 is 0 Å². The molecule has 0 spiro atoms. The van der Waals surface area contributed by atoms with Crippen molar-refractivity contribution in [2.75, 3.05) is 26.3 Å². The lowest BCUT2D eigenvalue weighted by Crippen LogP contribution is -2.46. The van der Waals surface area contributed by atoms with E-state index in [1.54, 1.807) is 0 Å². The SMILES string of the molecule is CCOc1ccc(-c2cc(C(=O)N[C@@H]3C[C@H]4C[C@@H]3CN4CCO)c3ccccc3n2)cc1. The number of nitrogens with zero attached hydrogens (tertiary/aromatic N) is 2. The predicted molar refractivity (Wildman–Crippen MR) is 125 cm³/mol. The summed E-state index contributed by atoms with van der Waals surface area (Å²) in [5.74, 6) is 1.23. The number of aliphatic hydroxyl groups is 1. The molecule has 1 saturated carbocycles. The topological polar surface area (TPSA) is 74.7 Å². The Morgan fingerprint density at radius 3 is 2.72 bits per heavy atom. The van der Waals surface area contributed by atoms with Gasteiger partial charge in [-0.2, -0.15) is 0 Å². The van der Waals surface area contributed by atoms with E-state index < -0.39 is 0 Å². The summed E-state index contributed by atoms with van der Waals surface area (Å²) < 4.78 is 5.55. The molecule has 166 valence electrons. The maximum Gasteiger partial charge on any atom is 0.252 e. The highest BCUT2D eigenvalue weighted by Crippen LogP contribution is 2.38. The second kappa shape index (κ2) is 8.88. The molecule has 2 N–H and O–H groups in total. The van der Waals surface area contributed by atoms with Crippen LogP contribution < -0.4 is 10.1 Å². The Morgan fingerprint density at radius 2 is 2.00 bits per heavy atom. The van der Waals surface area contributed by atoms with E-state index in [4.69, 9.17) is 9.72 Å². The summed E-state index contributed by atoms with van der Waals surface area (Å²) in [4.78, 5) is 20.6. The molecule has 3 atom stereocenters. The number of aliphatic hydroxyl groups excluding tert-OH is 1. The Labute approximate surface area is 188 Å². The Kier molecular flexibility index (Phi) is 5.81. The predicted octanol–water partition coefficient (Wildman–Crippen LogP) is 3.49. The number of rotatable bonds is 7. The summed E-state index contributed by atoms with van der Waals surface area (Å²) in [6, 6.07) is 18.2. The fourth-order valence-electron chi connectivity index (χ4n) is 5.27. The minimum Gasteiger partial charge on any atom is -0.494 e. The number of piperidine rings is 1. The molecule has 2 heterocycles. The number of carbonyl (C=O) groups excluding carboxylic acids is 1. The van der Waals surface area contributed by atoms with Gasteiger partial charge in [0.25, 0.3) is 5.91 Å². The van der Waals surface area contributed by atoms with Crippen molar-refractivity contribution in [2.24, 2.45) is 5.92 Å². The van der Waals surface area contributed by atoms with Crippen molar-refractivity contribution < 1.29 is 14.6 Å². The number of hydrogen-bond donors (Lipinski definition) is 2. The molecule has 6 nitrogen and oxygen atoms in total. The first kappa shape index (κ1) is 20.9. The number of pyridine rings is 1. The van der Waals surface area contributed by atoms with Gasteiger partial charge in [-0.1, -0.05) is 18.2 Å². The molecule has 0 radical (unpaired) electrons. The molecular weight excluding hydrogens is 402 g/mol. The van der Waals surface area contributed by atoms with E-state index in [1.807, 2.05) is 61.5 Å². The van der Waals surface area contributed by atoms with Gasteiger partial charge in [0.05, 0.1) is 30.0 Å². The smallest absolute Gasteiger partial charge is 0.252 e. The zero-order valence-corrected chi connectivity index (χ0v) is 18.3. The molecular formula is C26H29N3O3. The van der Waals surface area contributed by atoms with Crippen LogP contribution in [0.2, 0.25) is 0 Å². The first-order valence-electron chi connectivity index (χ1n) is 11.4. The summed E-state index contributed by atoms with van der Waals surface area (Å²) in [5.41, 5.74) is 3.20. The number of benzene rings is 2. The van der Waals surface area contributed by atoms with E-state index in [-0.39, 0.29) is 18.6 Å². The third kappa shape index (κ3) is 3.96. The van der Waals surface area contributed by atoms with Gasteiger partial charge >= 0.3 is 0 Å². The van der Waals surface area contributed by atoms with Crippen LogP contribution in [-0.4, -0.2) is 59.3 Å². The maximum atomic E-state index is 13.4. The molecule has 32 heavy (non-hydrogen) atoms. The molecule has 1 saturated heterocycles. The summed E-state index contributed by atoms with van der Waals surface area (Å²) in [5, 5.41) is 13.4. The highest BCUT2D eigenvalue weighted by Gasteiger charge is 2.44. The number of nitrogens with one attached hydrogen (secondary N) is 1. The number of para-hydroxylation sites is 1. The van der Waals surface area contributed by atoms with Gasteiger partial charge in [-0.15, -0.1) is 0 Å². The minimum absolute atomic E-state index is 0.0398. The Balaban J connectivity index is 1.41. The van der Waals surface area contributed by atoms with E-state index in [1.165, 1.54) is 0 Å². The van der Waals surface area contributed by atoms with E-state index in [2.05, 4.69) is 10.2 Å². The molecule has 1 aliphatic heterocycles. The normalized spacial score (nSPS) is 22.4. The molecule has 1 amide bonds. The number of β-amino-alcohol motifs (C(OH)–C–C–N with tert-alkyl or cyclic N) is 1. The summed E-state index contributed by atoms with van der Waals surface area (Å²) >= 11 is 0. The highest BCUT2D eigenvalue weighted by molar-refractivity contribution is 6.07.